The van der Waals surface area contributed by atoms with Gasteiger partial charge in [0, 0.05) is 5.02 Å². The van der Waals surface area contributed by atoms with Crippen molar-refractivity contribution >= 4 is 97.4 Å². The van der Waals surface area contributed by atoms with Gasteiger partial charge in [0.15, 0.2) is 5.17 Å². The molecule has 4 rings (SSSR count). The Morgan fingerprint density at radius 2 is 1.83 bits per heavy atom. The predicted octanol–water partition coefficient (Wildman–Crippen LogP) is 7.03. The van der Waals surface area contributed by atoms with Crippen LogP contribution in [0.3, 0.4) is 0 Å². The molecule has 0 aromatic heterocycles. The van der Waals surface area contributed by atoms with Gasteiger partial charge < -0.3 is 15.2 Å². The Kier molecular flexibility index (Phi) is 8.40. The number of hydrogen-bond acceptors (Lipinski definition) is 5. The summed E-state index contributed by atoms with van der Waals surface area (Å²) in [5.74, 6) is -0.431. The van der Waals surface area contributed by atoms with Crippen LogP contribution >= 0.6 is 68.5 Å². The van der Waals surface area contributed by atoms with Gasteiger partial charge in [0.1, 0.15) is 12.4 Å². The van der Waals surface area contributed by atoms with E-state index in [9.17, 15) is 9.59 Å². The minimum absolute atomic E-state index is 0.205. The zero-order valence-corrected chi connectivity index (χ0v) is 24.0. The Hall–Kier alpha value is -2.09. The topological polar surface area (TPSA) is 88.0 Å². The van der Waals surface area contributed by atoms with Crippen molar-refractivity contribution in [2.75, 3.05) is 0 Å². The van der Waals surface area contributed by atoms with Crippen molar-refractivity contribution < 1.29 is 19.4 Å². The zero-order valence-electron chi connectivity index (χ0n) is 18.1. The number of aromatic carboxylic acids is 1. The number of amidine groups is 1. The number of thioether (sulfide) groups is 1. The van der Waals surface area contributed by atoms with Crippen LogP contribution in [0.15, 0.2) is 64.5 Å². The van der Waals surface area contributed by atoms with Gasteiger partial charge in [0.05, 0.1) is 23.3 Å². The number of aliphatic imine (C=N–C) groups is 1. The van der Waals surface area contributed by atoms with E-state index in [2.05, 4.69) is 55.5 Å². The van der Waals surface area contributed by atoms with Gasteiger partial charge in [-0.15, -0.1) is 0 Å². The number of carbonyl (C=O) groups is 2. The van der Waals surface area contributed by atoms with Crippen molar-refractivity contribution in [1.29, 1.82) is 0 Å². The number of amides is 1. The summed E-state index contributed by atoms with van der Waals surface area (Å²) in [7, 11) is 0. The predicted molar refractivity (Wildman–Crippen MR) is 157 cm³/mol. The number of benzene rings is 3. The Labute approximate surface area is 238 Å². The van der Waals surface area contributed by atoms with Crippen molar-refractivity contribution in [2.45, 2.75) is 13.5 Å². The second kappa shape index (κ2) is 11.3. The van der Waals surface area contributed by atoms with Crippen LogP contribution in [0.1, 0.15) is 27.0 Å². The second-order valence-corrected chi connectivity index (χ2v) is 11.3. The number of halogens is 3. The molecule has 0 atom stereocenters. The van der Waals surface area contributed by atoms with Crippen LogP contribution in [0.25, 0.3) is 6.08 Å². The van der Waals surface area contributed by atoms with E-state index in [1.54, 1.807) is 36.4 Å². The first-order chi connectivity index (χ1) is 16.7. The maximum Gasteiger partial charge on any atom is 0.335 e. The molecule has 3 aromatic carbocycles. The summed E-state index contributed by atoms with van der Waals surface area (Å²) in [6.07, 6.45) is 1.83. The minimum Gasteiger partial charge on any atom is -0.487 e. The largest absolute Gasteiger partial charge is 0.487 e. The van der Waals surface area contributed by atoms with E-state index >= 15 is 0 Å². The highest BCUT2D eigenvalue weighted by molar-refractivity contribution is 14.1. The summed E-state index contributed by atoms with van der Waals surface area (Å²) >= 11 is 11.8. The Balaban J connectivity index is 1.49. The summed E-state index contributed by atoms with van der Waals surface area (Å²) in [4.78, 5) is 28.6. The van der Waals surface area contributed by atoms with Crippen molar-refractivity contribution in [3.8, 4) is 5.75 Å². The Bertz CT molecular complexity index is 1370. The van der Waals surface area contributed by atoms with Crippen LogP contribution in [0.4, 0.5) is 5.69 Å². The van der Waals surface area contributed by atoms with E-state index in [0.717, 1.165) is 29.6 Å². The summed E-state index contributed by atoms with van der Waals surface area (Å²) in [6.45, 7) is 2.25. The molecule has 0 aliphatic carbocycles. The molecule has 1 aliphatic rings. The molecule has 1 heterocycles. The third kappa shape index (κ3) is 6.57. The molecule has 0 unspecified atom stereocenters. The molecule has 1 saturated heterocycles. The van der Waals surface area contributed by atoms with Gasteiger partial charge in [-0.2, -0.15) is 0 Å². The number of carbonyl (C=O) groups excluding carboxylic acids is 1. The average molecular weight is 731 g/mol. The van der Waals surface area contributed by atoms with E-state index in [4.69, 9.17) is 21.4 Å². The normalized spacial score (nSPS) is 15.5. The number of aryl methyl sites for hydroxylation is 1. The quantitative estimate of drug-likeness (QED) is 0.210. The number of rotatable bonds is 6. The van der Waals surface area contributed by atoms with Crippen LogP contribution in [0, 0.1) is 14.1 Å². The number of nitrogens with zero attached hydrogens (tertiary/aromatic N) is 1. The molecular weight excluding hydrogens is 714 g/mol. The van der Waals surface area contributed by atoms with Crippen molar-refractivity contribution in [1.82, 2.24) is 5.32 Å². The fourth-order valence-electron chi connectivity index (χ4n) is 3.14. The molecular formula is C25H17ClI2N2O4S. The maximum atomic E-state index is 12.5. The van der Waals surface area contributed by atoms with Crippen LogP contribution in [0.2, 0.25) is 5.02 Å². The van der Waals surface area contributed by atoms with E-state index in [-0.39, 0.29) is 11.5 Å². The highest BCUT2D eigenvalue weighted by atomic mass is 127. The summed E-state index contributed by atoms with van der Waals surface area (Å²) in [6, 6.07) is 15.9. The van der Waals surface area contributed by atoms with Gasteiger partial charge in [-0.1, -0.05) is 29.8 Å². The smallest absolute Gasteiger partial charge is 0.335 e. The molecule has 6 nitrogen and oxygen atoms in total. The standard InChI is InChI=1S/C25H17ClI2N2O4S/c1-13-2-7-17(26)11-20(13)29-25-30-23(31)21(35-25)10-15-8-18(27)22(19(28)9-15)34-12-14-3-5-16(6-4-14)24(32)33/h2-11H,12H2,1H3,(H,32,33)(H,29,30,31)/b21-10-. The fourth-order valence-corrected chi connectivity index (χ4v) is 6.27. The SMILES string of the molecule is Cc1ccc(Cl)cc1N=C1NC(=O)/C(=C/c2cc(I)c(OCc3ccc(C(=O)O)cc3)c(I)c2)S1. The number of carboxylic acid groups (broad SMARTS) is 1. The van der Waals surface area contributed by atoms with Crippen molar-refractivity contribution in [3.63, 3.8) is 0 Å². The highest BCUT2D eigenvalue weighted by Gasteiger charge is 2.24. The highest BCUT2D eigenvalue weighted by Crippen LogP contribution is 2.34. The third-order valence-electron chi connectivity index (χ3n) is 4.95. The molecule has 2 N–H and O–H groups in total. The van der Waals surface area contributed by atoms with Gasteiger partial charge in [-0.05, 0) is 123 Å². The maximum absolute atomic E-state index is 12.5. The van der Waals surface area contributed by atoms with Crippen LogP contribution in [-0.4, -0.2) is 22.2 Å². The second-order valence-electron chi connectivity index (χ2n) is 7.52. The number of ether oxygens (including phenoxy) is 1. The monoisotopic (exact) mass is 730 g/mol. The molecule has 3 aromatic rings. The first-order valence-corrected chi connectivity index (χ1v) is 13.5. The van der Waals surface area contributed by atoms with E-state index < -0.39 is 5.97 Å². The third-order valence-corrected chi connectivity index (χ3v) is 7.69. The molecule has 0 radical (unpaired) electrons. The number of carboxylic acids is 1. The van der Waals surface area contributed by atoms with E-state index in [1.807, 2.05) is 31.2 Å². The lowest BCUT2D eigenvalue weighted by Gasteiger charge is -2.12. The molecule has 1 aliphatic heterocycles. The van der Waals surface area contributed by atoms with Gasteiger partial charge in [-0.25, -0.2) is 9.79 Å². The summed E-state index contributed by atoms with van der Waals surface area (Å²) in [5.41, 5.74) is 3.65. The van der Waals surface area contributed by atoms with Crippen LogP contribution < -0.4 is 10.1 Å². The van der Waals surface area contributed by atoms with Crippen molar-refractivity contribution in [2.24, 2.45) is 4.99 Å². The average Bonchev–Trinajstić information content (AvgIpc) is 3.14. The minimum atomic E-state index is -0.960. The fraction of sp³-hybridized carbons (Fsp3) is 0.0800. The van der Waals surface area contributed by atoms with Crippen molar-refractivity contribution in [3.05, 3.63) is 93.9 Å². The Morgan fingerprint density at radius 3 is 2.49 bits per heavy atom. The lowest BCUT2D eigenvalue weighted by atomic mass is 10.1. The van der Waals surface area contributed by atoms with Gasteiger partial charge >= 0.3 is 5.97 Å². The van der Waals surface area contributed by atoms with Gasteiger partial charge in [0.25, 0.3) is 5.91 Å². The molecule has 1 fully saturated rings. The number of hydrogen-bond donors (Lipinski definition) is 2. The lowest BCUT2D eigenvalue weighted by Crippen LogP contribution is -2.19. The molecule has 10 heteroatoms. The number of nitrogens with one attached hydrogen (secondary N) is 1. The molecule has 1 amide bonds. The van der Waals surface area contributed by atoms with Crippen LogP contribution in [-0.2, 0) is 11.4 Å². The van der Waals surface area contributed by atoms with Crippen LogP contribution in [0.5, 0.6) is 5.75 Å². The Morgan fingerprint density at radius 1 is 1.14 bits per heavy atom. The lowest BCUT2D eigenvalue weighted by molar-refractivity contribution is -0.115. The molecule has 0 bridgehead atoms. The first kappa shape index (κ1) is 26.0. The molecule has 0 saturated carbocycles. The molecule has 0 spiro atoms. The van der Waals surface area contributed by atoms with E-state index in [1.165, 1.54) is 11.8 Å². The summed E-state index contributed by atoms with van der Waals surface area (Å²) in [5, 5.41) is 12.9. The van der Waals surface area contributed by atoms with Gasteiger partial charge in [0.2, 0.25) is 0 Å². The molecule has 178 valence electrons. The summed E-state index contributed by atoms with van der Waals surface area (Å²) < 4.78 is 7.80. The first-order valence-electron chi connectivity index (χ1n) is 10.2. The molecule has 35 heavy (non-hydrogen) atoms. The van der Waals surface area contributed by atoms with E-state index in [0.29, 0.717) is 27.4 Å². The zero-order chi connectivity index (χ0) is 25.1. The van der Waals surface area contributed by atoms with Gasteiger partial charge in [-0.3, -0.25) is 4.79 Å².